The van der Waals surface area contributed by atoms with E-state index in [0.29, 0.717) is 21.9 Å². The fourth-order valence-corrected chi connectivity index (χ4v) is 6.31. The highest BCUT2D eigenvalue weighted by Crippen LogP contribution is 2.38. The van der Waals surface area contributed by atoms with Crippen molar-refractivity contribution in [3.63, 3.8) is 0 Å². The highest BCUT2D eigenvalue weighted by molar-refractivity contribution is 6.30. The second kappa shape index (κ2) is 18.4. The van der Waals surface area contributed by atoms with Crippen LogP contribution in [0.25, 0.3) is 28.1 Å². The Hall–Kier alpha value is -5.29. The maximum absolute atomic E-state index is 13.8. The molecule has 1 aromatic heterocycles. The highest BCUT2D eigenvalue weighted by atomic mass is 35.5. The number of aromatic nitrogens is 1. The largest absolute Gasteiger partial charge is 0.476 e. The number of carbonyl (C=O) groups excluding carboxylic acids is 3. The Morgan fingerprint density at radius 1 is 0.855 bits per heavy atom. The van der Waals surface area contributed by atoms with Crippen LogP contribution in [0.2, 0.25) is 5.02 Å². The third-order valence-corrected chi connectivity index (χ3v) is 9.11. The minimum atomic E-state index is -1.34. The van der Waals surface area contributed by atoms with Crippen molar-refractivity contribution in [3.8, 4) is 16.9 Å². The van der Waals surface area contributed by atoms with Gasteiger partial charge in [-0.25, -0.2) is 9.18 Å². The van der Waals surface area contributed by atoms with Gasteiger partial charge in [0.15, 0.2) is 11.4 Å². The first kappa shape index (κ1) is 40.9. The van der Waals surface area contributed by atoms with Gasteiger partial charge in [0.05, 0.1) is 31.8 Å². The molecule has 2 atom stereocenters. The molecule has 5 rings (SSSR count). The van der Waals surface area contributed by atoms with Gasteiger partial charge in [-0.05, 0) is 106 Å². The van der Waals surface area contributed by atoms with E-state index in [1.54, 1.807) is 86.7 Å². The minimum absolute atomic E-state index is 0.0352. The summed E-state index contributed by atoms with van der Waals surface area (Å²) in [5.41, 5.74) is 3.14. The maximum Gasteiger partial charge on any atom is 0.349 e. The van der Waals surface area contributed by atoms with Gasteiger partial charge >= 0.3 is 11.9 Å². The minimum Gasteiger partial charge on any atom is -0.476 e. The van der Waals surface area contributed by atoms with Crippen molar-refractivity contribution < 1.29 is 43.2 Å². The molecular weight excluding hydrogens is 725 g/mol. The van der Waals surface area contributed by atoms with Crippen LogP contribution >= 0.6 is 11.6 Å². The van der Waals surface area contributed by atoms with Crippen molar-refractivity contribution in [3.05, 3.63) is 131 Å². The van der Waals surface area contributed by atoms with E-state index in [0.717, 1.165) is 27.7 Å². The summed E-state index contributed by atoms with van der Waals surface area (Å²) in [7, 11) is 0. The number of hydrogen-bond acceptors (Lipinski definition) is 8. The number of para-hydroxylation sites is 1. The molecule has 0 bridgehead atoms. The summed E-state index contributed by atoms with van der Waals surface area (Å²) in [6.07, 6.45) is 0.923. The van der Waals surface area contributed by atoms with Crippen LogP contribution in [0.15, 0.2) is 103 Å². The standard InChI is InChI=1S/C44H45ClFNO8/c1-28(2)47-38-9-6-5-8-37(38)41(29-12-18-33(46)19-13-29)39(47)23-20-34(48)26-35(49)27-40(50)53-24-7-25-54-43(52)44(3,4)55-36-21-14-31(15-22-36)42(51)30-10-16-32(45)17-11-30/h5-6,8-23,28,34-35,48-49H,7,24-27H2,1-4H3/b23-20+/t34-,35-/m1/s1. The number of hydrogen-bond donors (Lipinski definition) is 2. The SMILES string of the molecule is CC(C)n1c(/C=C/[C@@H](O)C[C@@H](O)CC(=O)OCCCOC(=O)C(C)(C)Oc2ccc(C(=O)c3ccc(Cl)cc3)cc2)c(-c2ccc(F)cc2)c2ccccc21. The molecule has 4 aromatic carbocycles. The molecule has 0 unspecified atom stereocenters. The molecule has 288 valence electrons. The fourth-order valence-electron chi connectivity index (χ4n) is 6.18. The van der Waals surface area contributed by atoms with Gasteiger partial charge in [-0.3, -0.25) is 9.59 Å². The zero-order valence-electron chi connectivity index (χ0n) is 31.2. The van der Waals surface area contributed by atoms with Crippen molar-refractivity contribution in [2.75, 3.05) is 13.2 Å². The van der Waals surface area contributed by atoms with Gasteiger partial charge in [0.2, 0.25) is 0 Å². The van der Waals surface area contributed by atoms with Gasteiger partial charge in [-0.15, -0.1) is 0 Å². The Kier molecular flexibility index (Phi) is 13.6. The van der Waals surface area contributed by atoms with Crippen LogP contribution < -0.4 is 4.74 Å². The van der Waals surface area contributed by atoms with Crippen molar-refractivity contribution >= 4 is 46.3 Å². The number of carbonyl (C=O) groups is 3. The number of nitrogens with zero attached hydrogens (tertiary/aromatic N) is 1. The lowest BCUT2D eigenvalue weighted by atomic mass is 10.0. The lowest BCUT2D eigenvalue weighted by Crippen LogP contribution is -2.40. The quantitative estimate of drug-likeness (QED) is 0.0547. The van der Waals surface area contributed by atoms with Gasteiger partial charge in [0.25, 0.3) is 0 Å². The third-order valence-electron chi connectivity index (χ3n) is 8.86. The normalized spacial score (nSPS) is 12.9. The summed E-state index contributed by atoms with van der Waals surface area (Å²) in [5, 5.41) is 22.9. The van der Waals surface area contributed by atoms with Gasteiger partial charge in [-0.1, -0.05) is 48.0 Å². The number of fused-ring (bicyclic) bond motifs is 1. The van der Waals surface area contributed by atoms with Crippen molar-refractivity contribution in [2.24, 2.45) is 0 Å². The molecule has 55 heavy (non-hydrogen) atoms. The van der Waals surface area contributed by atoms with Gasteiger partial charge < -0.3 is 29.0 Å². The molecule has 5 aromatic rings. The zero-order valence-corrected chi connectivity index (χ0v) is 32.0. The molecule has 0 fully saturated rings. The lowest BCUT2D eigenvalue weighted by Gasteiger charge is -2.24. The molecule has 0 spiro atoms. The van der Waals surface area contributed by atoms with E-state index in [9.17, 15) is 29.0 Å². The Bertz CT molecular complexity index is 2120. The van der Waals surface area contributed by atoms with E-state index < -0.39 is 29.7 Å². The Labute approximate surface area is 324 Å². The lowest BCUT2D eigenvalue weighted by molar-refractivity contribution is -0.160. The molecule has 9 nitrogen and oxygen atoms in total. The van der Waals surface area contributed by atoms with E-state index in [2.05, 4.69) is 18.4 Å². The number of benzene rings is 4. The predicted molar refractivity (Wildman–Crippen MR) is 211 cm³/mol. The maximum atomic E-state index is 13.8. The Morgan fingerprint density at radius 2 is 1.47 bits per heavy atom. The van der Waals surface area contributed by atoms with E-state index >= 15 is 0 Å². The van der Waals surface area contributed by atoms with Crippen LogP contribution in [-0.4, -0.2) is 63.5 Å². The second-order valence-electron chi connectivity index (χ2n) is 14.0. The van der Waals surface area contributed by atoms with E-state index in [-0.39, 0.29) is 50.1 Å². The van der Waals surface area contributed by atoms with Crippen LogP contribution in [0.1, 0.15) is 74.6 Å². The first-order valence-corrected chi connectivity index (χ1v) is 18.5. The molecule has 1 heterocycles. The number of esters is 2. The number of ketones is 1. The first-order valence-electron chi connectivity index (χ1n) is 18.1. The van der Waals surface area contributed by atoms with Crippen LogP contribution in [0.5, 0.6) is 5.75 Å². The summed E-state index contributed by atoms with van der Waals surface area (Å²) < 4.78 is 32.3. The molecule has 0 radical (unpaired) electrons. The molecule has 2 N–H and O–H groups in total. The average molecular weight is 770 g/mol. The summed E-state index contributed by atoms with van der Waals surface area (Å²) >= 11 is 5.91. The number of rotatable bonds is 17. The van der Waals surface area contributed by atoms with E-state index in [1.807, 2.05) is 24.3 Å². The molecule has 0 amide bonds. The van der Waals surface area contributed by atoms with Crippen molar-refractivity contribution in [1.29, 1.82) is 0 Å². The summed E-state index contributed by atoms with van der Waals surface area (Å²) in [5.74, 6) is -1.43. The molecule has 11 heteroatoms. The highest BCUT2D eigenvalue weighted by Gasteiger charge is 2.32. The fraction of sp³-hybridized carbons (Fsp3) is 0.295. The van der Waals surface area contributed by atoms with Crippen LogP contribution in [0.3, 0.4) is 0 Å². The molecule has 0 aliphatic carbocycles. The molecule has 0 aliphatic heterocycles. The monoisotopic (exact) mass is 769 g/mol. The van der Waals surface area contributed by atoms with E-state index in [4.69, 9.17) is 25.8 Å². The van der Waals surface area contributed by atoms with Crippen molar-refractivity contribution in [2.45, 2.75) is 70.8 Å². The molecular formula is C44H45ClFNO8. The van der Waals surface area contributed by atoms with Crippen molar-refractivity contribution in [1.82, 2.24) is 4.57 Å². The van der Waals surface area contributed by atoms with Gasteiger partial charge in [0, 0.05) is 57.2 Å². The van der Waals surface area contributed by atoms with E-state index in [1.165, 1.54) is 12.1 Å². The average Bonchev–Trinajstić information content (AvgIpc) is 3.48. The van der Waals surface area contributed by atoms with Gasteiger partial charge in [0.1, 0.15) is 11.6 Å². The Balaban J connectivity index is 1.06. The predicted octanol–water partition coefficient (Wildman–Crippen LogP) is 8.76. The topological polar surface area (TPSA) is 124 Å². The number of aliphatic hydroxyl groups is 2. The number of halogens is 2. The summed E-state index contributed by atoms with van der Waals surface area (Å²) in [6, 6.07) is 27.3. The first-order chi connectivity index (χ1) is 26.2. The summed E-state index contributed by atoms with van der Waals surface area (Å²) in [4.78, 5) is 37.9. The third kappa shape index (κ3) is 10.7. The second-order valence-corrected chi connectivity index (χ2v) is 14.4. The molecule has 0 aliphatic rings. The molecule has 0 saturated carbocycles. The number of ether oxygens (including phenoxy) is 3. The Morgan fingerprint density at radius 3 is 2.13 bits per heavy atom. The van der Waals surface area contributed by atoms with Crippen LogP contribution in [-0.2, 0) is 19.1 Å². The van der Waals surface area contributed by atoms with Crippen LogP contribution in [0.4, 0.5) is 4.39 Å². The zero-order chi connectivity index (χ0) is 39.7. The summed E-state index contributed by atoms with van der Waals surface area (Å²) in [6.45, 7) is 7.15. The van der Waals surface area contributed by atoms with Crippen LogP contribution in [0, 0.1) is 5.82 Å². The number of aliphatic hydroxyl groups excluding tert-OH is 2. The molecule has 0 saturated heterocycles. The van der Waals surface area contributed by atoms with Gasteiger partial charge in [-0.2, -0.15) is 0 Å². The smallest absolute Gasteiger partial charge is 0.349 e.